The number of hydrogen-bond acceptors (Lipinski definition) is 3. The maximum absolute atomic E-state index is 14.7. The third kappa shape index (κ3) is 5.27. The molecule has 0 aliphatic heterocycles. The number of fused-ring (bicyclic) bond motifs is 2. The summed E-state index contributed by atoms with van der Waals surface area (Å²) in [5, 5.41) is 18.7. The third-order valence-corrected chi connectivity index (χ3v) is 7.03. The van der Waals surface area contributed by atoms with E-state index in [0.717, 1.165) is 40.1 Å². The van der Waals surface area contributed by atoms with Gasteiger partial charge in [0, 0.05) is 35.9 Å². The number of rotatable bonds is 7. The Morgan fingerprint density at radius 2 is 1.61 bits per heavy atom. The first-order chi connectivity index (χ1) is 19.9. The molecule has 2 N–H and O–H groups in total. The first kappa shape index (κ1) is 25.9. The van der Waals surface area contributed by atoms with Gasteiger partial charge in [0.2, 0.25) is 0 Å². The minimum absolute atomic E-state index is 0.0109. The number of carbonyl (C=O) groups is 2. The van der Waals surface area contributed by atoms with Crippen molar-refractivity contribution >= 4 is 28.2 Å². The Bertz CT molecular complexity index is 1950. The van der Waals surface area contributed by atoms with Gasteiger partial charge in [-0.15, -0.1) is 0 Å². The second kappa shape index (κ2) is 10.7. The number of carboxylic acid groups (broad SMARTS) is 1. The fraction of sp³-hybridized carbons (Fsp3) is 0.0606. The lowest BCUT2D eigenvalue weighted by molar-refractivity contribution is 0.0696. The Balaban J connectivity index is 1.40. The summed E-state index contributed by atoms with van der Waals surface area (Å²) in [7, 11) is 0. The van der Waals surface area contributed by atoms with Crippen LogP contribution < -0.4 is 5.32 Å². The molecule has 0 saturated carbocycles. The van der Waals surface area contributed by atoms with E-state index in [4.69, 9.17) is 5.11 Å². The topological polar surface area (TPSA) is 83.7 Å². The maximum atomic E-state index is 14.7. The molecule has 0 radical (unpaired) electrons. The van der Waals surface area contributed by atoms with E-state index in [1.807, 2.05) is 36.4 Å². The van der Waals surface area contributed by atoms with E-state index in [1.54, 1.807) is 30.6 Å². The first-order valence-corrected chi connectivity index (χ1v) is 12.9. The van der Waals surface area contributed by atoms with E-state index < -0.39 is 23.5 Å². The molecule has 6 nitrogen and oxygen atoms in total. The first-order valence-electron chi connectivity index (χ1n) is 12.9. The van der Waals surface area contributed by atoms with Crippen LogP contribution in [0.4, 0.5) is 8.78 Å². The lowest BCUT2D eigenvalue weighted by Crippen LogP contribution is -2.24. The molecule has 1 amide bonds. The summed E-state index contributed by atoms with van der Waals surface area (Å²) < 4.78 is 30.3. The molecule has 8 heteroatoms. The van der Waals surface area contributed by atoms with Crippen LogP contribution in [0.15, 0.2) is 103 Å². The zero-order valence-electron chi connectivity index (χ0n) is 21.6. The Morgan fingerprint density at radius 1 is 0.854 bits per heavy atom. The van der Waals surface area contributed by atoms with Crippen molar-refractivity contribution in [2.45, 2.75) is 13.0 Å². The smallest absolute Gasteiger partial charge is 0.335 e. The Labute approximate surface area is 233 Å². The summed E-state index contributed by atoms with van der Waals surface area (Å²) in [5.41, 5.74) is 3.79. The largest absolute Gasteiger partial charge is 0.478 e. The molecule has 4 aromatic carbocycles. The fourth-order valence-electron chi connectivity index (χ4n) is 4.96. The van der Waals surface area contributed by atoms with E-state index >= 15 is 0 Å². The van der Waals surface area contributed by atoms with Crippen molar-refractivity contribution in [3.63, 3.8) is 0 Å². The van der Waals surface area contributed by atoms with Crippen molar-refractivity contribution in [1.29, 1.82) is 0 Å². The van der Waals surface area contributed by atoms with E-state index in [2.05, 4.69) is 16.5 Å². The molecule has 6 aromatic rings. The molecule has 0 aliphatic rings. The zero-order chi connectivity index (χ0) is 28.5. The number of amides is 1. The highest BCUT2D eigenvalue weighted by Crippen LogP contribution is 2.29. The predicted octanol–water partition coefficient (Wildman–Crippen LogP) is 6.65. The van der Waals surface area contributed by atoms with E-state index in [0.29, 0.717) is 23.1 Å². The van der Waals surface area contributed by atoms with Gasteiger partial charge in [0.25, 0.3) is 5.91 Å². The number of aromatic carboxylic acids is 1. The maximum Gasteiger partial charge on any atom is 0.335 e. The highest BCUT2D eigenvalue weighted by atomic mass is 19.1. The molecule has 2 aromatic heterocycles. The highest BCUT2D eigenvalue weighted by molar-refractivity contribution is 6.02. The van der Waals surface area contributed by atoms with Gasteiger partial charge >= 0.3 is 5.97 Å². The Kier molecular flexibility index (Phi) is 6.73. The number of carbonyl (C=O) groups excluding carboxylic acids is 1. The van der Waals surface area contributed by atoms with Crippen molar-refractivity contribution in [1.82, 2.24) is 14.9 Å². The van der Waals surface area contributed by atoms with Crippen LogP contribution in [0.1, 0.15) is 37.4 Å². The number of nitrogens with one attached hydrogen (secondary N) is 1. The number of carboxylic acids is 1. The van der Waals surface area contributed by atoms with Gasteiger partial charge in [-0.2, -0.15) is 5.10 Å². The van der Waals surface area contributed by atoms with Crippen LogP contribution in [-0.4, -0.2) is 26.6 Å². The van der Waals surface area contributed by atoms with Crippen LogP contribution >= 0.6 is 0 Å². The number of benzene rings is 4. The van der Waals surface area contributed by atoms with Gasteiger partial charge < -0.3 is 10.4 Å². The summed E-state index contributed by atoms with van der Waals surface area (Å²) >= 11 is 0. The molecule has 202 valence electrons. The molecule has 6 rings (SSSR count). The third-order valence-electron chi connectivity index (χ3n) is 7.03. The number of nitrogens with zero attached hydrogens (tertiary/aromatic N) is 2. The molecular formula is C33H23F2N3O3. The molecule has 41 heavy (non-hydrogen) atoms. The summed E-state index contributed by atoms with van der Waals surface area (Å²) in [5.74, 6) is -2.70. The number of halogens is 2. The van der Waals surface area contributed by atoms with Crippen molar-refractivity contribution in [3.8, 4) is 11.1 Å². The summed E-state index contributed by atoms with van der Waals surface area (Å²) in [6.45, 7) is 0.136. The van der Waals surface area contributed by atoms with Gasteiger partial charge in [0.05, 0.1) is 22.8 Å². The fourth-order valence-corrected chi connectivity index (χ4v) is 4.96. The lowest BCUT2D eigenvalue weighted by Gasteiger charge is -2.12. The van der Waals surface area contributed by atoms with E-state index in [9.17, 15) is 18.4 Å². The Hall–Kier alpha value is -5.37. The van der Waals surface area contributed by atoms with Crippen LogP contribution in [0.2, 0.25) is 0 Å². The van der Waals surface area contributed by atoms with Crippen LogP contribution in [-0.2, 0) is 13.0 Å². The van der Waals surface area contributed by atoms with E-state index in [1.165, 1.54) is 16.6 Å². The van der Waals surface area contributed by atoms with Crippen LogP contribution in [0.25, 0.3) is 27.4 Å². The van der Waals surface area contributed by atoms with Gasteiger partial charge in [0.1, 0.15) is 11.6 Å². The average molecular weight is 548 g/mol. The second-order valence-corrected chi connectivity index (χ2v) is 9.77. The number of pyridine rings is 1. The van der Waals surface area contributed by atoms with Gasteiger partial charge in [-0.25, -0.2) is 18.1 Å². The monoisotopic (exact) mass is 547 g/mol. The van der Waals surface area contributed by atoms with Crippen LogP contribution in [0.3, 0.4) is 0 Å². The van der Waals surface area contributed by atoms with Crippen molar-refractivity contribution in [3.05, 3.63) is 143 Å². The minimum atomic E-state index is -1.04. The molecule has 0 aliphatic carbocycles. The van der Waals surface area contributed by atoms with Crippen molar-refractivity contribution in [2.75, 3.05) is 0 Å². The number of hydrogen-bond donors (Lipinski definition) is 2. The van der Waals surface area contributed by atoms with Crippen LogP contribution in [0, 0.1) is 11.6 Å². The molecule has 2 heterocycles. The highest BCUT2D eigenvalue weighted by Gasteiger charge is 2.19. The minimum Gasteiger partial charge on any atom is -0.478 e. The van der Waals surface area contributed by atoms with Crippen LogP contribution in [0.5, 0.6) is 0 Å². The molecule has 0 atom stereocenters. The standard InChI is InChI=1S/C33H23F2N3O3/c34-27-11-12-30(35)28(16-27)26-15-29(32(39)36-17-20-5-9-23(10-6-20)33(40)41)31-25(18-37-38(31)19-26)14-21-7-8-22-3-1-2-4-24(22)13-21/h1-13,15-16,18-19H,14,17H2,(H,36,39)(H,40,41). The quantitative estimate of drug-likeness (QED) is 0.234. The molecule has 0 fully saturated rings. The van der Waals surface area contributed by atoms with Crippen molar-refractivity contribution < 1.29 is 23.5 Å². The van der Waals surface area contributed by atoms with Gasteiger partial charge in [-0.1, -0.05) is 54.6 Å². The van der Waals surface area contributed by atoms with Gasteiger partial charge in [-0.3, -0.25) is 4.79 Å². The van der Waals surface area contributed by atoms with Gasteiger partial charge in [0.15, 0.2) is 0 Å². The molecule has 0 spiro atoms. The molecule has 0 unspecified atom stereocenters. The number of aromatic nitrogens is 2. The average Bonchev–Trinajstić information content (AvgIpc) is 3.39. The summed E-state index contributed by atoms with van der Waals surface area (Å²) in [6, 6.07) is 25.1. The van der Waals surface area contributed by atoms with Gasteiger partial charge in [-0.05, 0) is 58.3 Å². The normalized spacial score (nSPS) is 11.2. The Morgan fingerprint density at radius 3 is 2.39 bits per heavy atom. The lowest BCUT2D eigenvalue weighted by atomic mass is 9.99. The molecular weight excluding hydrogens is 524 g/mol. The van der Waals surface area contributed by atoms with E-state index in [-0.39, 0.29) is 23.2 Å². The molecule has 0 bridgehead atoms. The predicted molar refractivity (Wildman–Crippen MR) is 152 cm³/mol. The van der Waals surface area contributed by atoms with Crippen molar-refractivity contribution in [2.24, 2.45) is 0 Å². The second-order valence-electron chi connectivity index (χ2n) is 9.77. The summed E-state index contributed by atoms with van der Waals surface area (Å²) in [4.78, 5) is 24.8. The summed E-state index contributed by atoms with van der Waals surface area (Å²) in [6.07, 6.45) is 3.76. The zero-order valence-corrected chi connectivity index (χ0v) is 21.6. The molecule has 0 saturated heterocycles. The SMILES string of the molecule is O=C(O)c1ccc(CNC(=O)c2cc(-c3cc(F)ccc3F)cn3ncc(Cc4ccc5ccccc5c4)c23)cc1.